The number of nitrogens with zero attached hydrogens (tertiary/aromatic N) is 1. The van der Waals surface area contributed by atoms with Gasteiger partial charge < -0.3 is 16.4 Å². The number of hydrogen-bond acceptors (Lipinski definition) is 2. The van der Waals surface area contributed by atoms with Crippen molar-refractivity contribution in [3.63, 3.8) is 0 Å². The van der Waals surface area contributed by atoms with E-state index in [1.165, 1.54) is 24.0 Å². The summed E-state index contributed by atoms with van der Waals surface area (Å²) in [6, 6.07) is 14.1. The van der Waals surface area contributed by atoms with Crippen LogP contribution in [-0.2, 0) is 24.2 Å². The first-order valence-corrected chi connectivity index (χ1v) is 10.1. The average molecular weight is 506 g/mol. The predicted molar refractivity (Wildman–Crippen MR) is 132 cm³/mol. The summed E-state index contributed by atoms with van der Waals surface area (Å²) in [5, 5.41) is 6.23. The summed E-state index contributed by atoms with van der Waals surface area (Å²) >= 11 is 0. The lowest BCUT2D eigenvalue weighted by Crippen LogP contribution is -2.24. The van der Waals surface area contributed by atoms with E-state index in [4.69, 9.17) is 5.73 Å². The lowest BCUT2D eigenvalue weighted by Gasteiger charge is -2.19. The molecule has 1 amide bonds. The molecule has 0 heterocycles. The van der Waals surface area contributed by atoms with E-state index < -0.39 is 0 Å². The van der Waals surface area contributed by atoms with E-state index in [2.05, 4.69) is 33.8 Å². The SMILES string of the molecule is CCC(C)C(=O)Nc1cccc(CN=C(N)Nc2cccc3c2CCCC3)c1.I. The van der Waals surface area contributed by atoms with Gasteiger partial charge in [0.2, 0.25) is 5.91 Å². The van der Waals surface area contributed by atoms with Crippen LogP contribution < -0.4 is 16.4 Å². The number of carbonyl (C=O) groups excluding carboxylic acids is 1. The first-order chi connectivity index (χ1) is 13.6. The molecule has 0 saturated heterocycles. The summed E-state index contributed by atoms with van der Waals surface area (Å²) in [5.74, 6) is 0.449. The number of carbonyl (C=O) groups is 1. The van der Waals surface area contributed by atoms with Gasteiger partial charge in [0.15, 0.2) is 5.96 Å². The zero-order chi connectivity index (χ0) is 19.9. The molecule has 0 bridgehead atoms. The third-order valence-electron chi connectivity index (χ3n) is 5.35. The highest BCUT2D eigenvalue weighted by molar-refractivity contribution is 14.0. The molecule has 0 saturated carbocycles. The van der Waals surface area contributed by atoms with E-state index in [9.17, 15) is 4.79 Å². The number of halogens is 1. The fraction of sp³-hybridized carbons (Fsp3) is 0.391. The Morgan fingerprint density at radius 2 is 1.90 bits per heavy atom. The van der Waals surface area contributed by atoms with E-state index in [1.54, 1.807) is 0 Å². The molecule has 29 heavy (non-hydrogen) atoms. The zero-order valence-electron chi connectivity index (χ0n) is 17.2. The number of hydrogen-bond donors (Lipinski definition) is 3. The molecular weight excluding hydrogens is 475 g/mol. The van der Waals surface area contributed by atoms with Gasteiger partial charge in [-0.2, -0.15) is 0 Å². The molecule has 4 N–H and O–H groups in total. The molecule has 5 nitrogen and oxygen atoms in total. The van der Waals surface area contributed by atoms with E-state index in [-0.39, 0.29) is 35.8 Å². The molecule has 1 unspecified atom stereocenters. The molecule has 0 fully saturated rings. The number of rotatable bonds is 6. The maximum absolute atomic E-state index is 12.1. The van der Waals surface area contributed by atoms with Crippen molar-refractivity contribution in [2.24, 2.45) is 16.6 Å². The van der Waals surface area contributed by atoms with Crippen molar-refractivity contribution in [3.05, 3.63) is 59.2 Å². The van der Waals surface area contributed by atoms with Gasteiger partial charge in [0.1, 0.15) is 0 Å². The van der Waals surface area contributed by atoms with E-state index >= 15 is 0 Å². The molecule has 156 valence electrons. The Morgan fingerprint density at radius 1 is 1.14 bits per heavy atom. The van der Waals surface area contributed by atoms with Crippen molar-refractivity contribution in [2.45, 2.75) is 52.5 Å². The second kappa shape index (κ2) is 11.2. The summed E-state index contributed by atoms with van der Waals surface area (Å²) in [4.78, 5) is 16.6. The van der Waals surface area contributed by atoms with Gasteiger partial charge in [-0.15, -0.1) is 24.0 Å². The van der Waals surface area contributed by atoms with Gasteiger partial charge in [0.25, 0.3) is 0 Å². The van der Waals surface area contributed by atoms with Crippen LogP contribution in [0.25, 0.3) is 0 Å². The van der Waals surface area contributed by atoms with Crippen LogP contribution in [0.4, 0.5) is 11.4 Å². The Bertz CT molecular complexity index is 866. The number of amides is 1. The smallest absolute Gasteiger partial charge is 0.227 e. The summed E-state index contributed by atoms with van der Waals surface area (Å²) in [6.07, 6.45) is 5.52. The Morgan fingerprint density at radius 3 is 2.69 bits per heavy atom. The lowest BCUT2D eigenvalue weighted by molar-refractivity contribution is -0.119. The number of anilines is 2. The average Bonchev–Trinajstić information content (AvgIpc) is 2.72. The number of nitrogens with two attached hydrogens (primary N) is 1. The van der Waals surface area contributed by atoms with Gasteiger partial charge in [-0.3, -0.25) is 4.79 Å². The molecule has 0 radical (unpaired) electrons. The van der Waals surface area contributed by atoms with Crippen LogP contribution in [0.5, 0.6) is 0 Å². The number of fused-ring (bicyclic) bond motifs is 1. The summed E-state index contributed by atoms with van der Waals surface area (Å²) in [7, 11) is 0. The fourth-order valence-corrected chi connectivity index (χ4v) is 3.45. The highest BCUT2D eigenvalue weighted by Gasteiger charge is 2.13. The molecule has 0 spiro atoms. The monoisotopic (exact) mass is 506 g/mol. The molecule has 0 aliphatic heterocycles. The summed E-state index contributed by atoms with van der Waals surface area (Å²) in [5.41, 5.74) is 11.8. The molecule has 1 atom stereocenters. The molecule has 1 aliphatic carbocycles. The Hall–Kier alpha value is -2.09. The van der Waals surface area contributed by atoms with E-state index in [0.29, 0.717) is 12.5 Å². The van der Waals surface area contributed by atoms with Crippen molar-refractivity contribution < 1.29 is 4.79 Å². The topological polar surface area (TPSA) is 79.5 Å². The van der Waals surface area contributed by atoms with Crippen LogP contribution in [0.15, 0.2) is 47.5 Å². The van der Waals surface area contributed by atoms with E-state index in [0.717, 1.165) is 36.2 Å². The number of aryl methyl sites for hydroxylation is 1. The van der Waals surface area contributed by atoms with Gasteiger partial charge in [0, 0.05) is 17.3 Å². The number of aliphatic imine (C=N–C) groups is 1. The molecule has 6 heteroatoms. The standard InChI is InChI=1S/C23H30N4O.HI/c1-3-16(2)22(28)26-19-11-6-8-17(14-19)15-25-23(24)27-21-13-7-10-18-9-4-5-12-20(18)21;/h6-8,10-11,13-14,16H,3-5,9,12,15H2,1-2H3,(H,26,28)(H3,24,25,27);1H. The predicted octanol–water partition coefficient (Wildman–Crippen LogP) is 5.09. The van der Waals surface area contributed by atoms with Crippen LogP contribution >= 0.6 is 24.0 Å². The molecular formula is C23H31IN4O. The van der Waals surface area contributed by atoms with Crippen molar-refractivity contribution in [2.75, 3.05) is 10.6 Å². The maximum atomic E-state index is 12.1. The van der Waals surface area contributed by atoms with Gasteiger partial charge in [-0.05, 0) is 67.0 Å². The second-order valence-electron chi connectivity index (χ2n) is 7.48. The van der Waals surface area contributed by atoms with Crippen molar-refractivity contribution in [1.82, 2.24) is 0 Å². The first-order valence-electron chi connectivity index (χ1n) is 10.1. The van der Waals surface area contributed by atoms with Crippen LogP contribution in [0.2, 0.25) is 0 Å². The van der Waals surface area contributed by atoms with Crippen LogP contribution in [0.3, 0.4) is 0 Å². The minimum absolute atomic E-state index is 0. The Balaban J connectivity index is 0.00000300. The first kappa shape index (κ1) is 23.2. The number of benzene rings is 2. The van der Waals surface area contributed by atoms with E-state index in [1.807, 2.05) is 38.1 Å². The number of nitrogens with one attached hydrogen (secondary N) is 2. The molecule has 2 aromatic rings. The van der Waals surface area contributed by atoms with Gasteiger partial charge in [-0.1, -0.05) is 38.1 Å². The van der Waals surface area contributed by atoms with Gasteiger partial charge >= 0.3 is 0 Å². The fourth-order valence-electron chi connectivity index (χ4n) is 3.45. The van der Waals surface area contributed by atoms with Gasteiger partial charge in [-0.25, -0.2) is 4.99 Å². The largest absolute Gasteiger partial charge is 0.370 e. The summed E-state index contributed by atoms with van der Waals surface area (Å²) < 4.78 is 0. The quantitative estimate of drug-likeness (QED) is 0.290. The number of guanidine groups is 1. The second-order valence-corrected chi connectivity index (χ2v) is 7.48. The van der Waals surface area contributed by atoms with Crippen molar-refractivity contribution in [1.29, 1.82) is 0 Å². The van der Waals surface area contributed by atoms with Crippen LogP contribution in [0, 0.1) is 5.92 Å². The maximum Gasteiger partial charge on any atom is 0.227 e. The zero-order valence-corrected chi connectivity index (χ0v) is 19.5. The molecule has 3 rings (SSSR count). The van der Waals surface area contributed by atoms with Gasteiger partial charge in [0.05, 0.1) is 6.54 Å². The Kier molecular flexibility index (Phi) is 8.95. The van der Waals surface area contributed by atoms with Crippen molar-refractivity contribution >= 4 is 47.2 Å². The minimum Gasteiger partial charge on any atom is -0.370 e. The Labute approximate surface area is 190 Å². The lowest BCUT2D eigenvalue weighted by atomic mass is 9.90. The molecule has 0 aromatic heterocycles. The van der Waals surface area contributed by atoms with Crippen LogP contribution in [0.1, 0.15) is 49.8 Å². The normalized spacial score (nSPS) is 14.3. The third-order valence-corrected chi connectivity index (χ3v) is 5.35. The highest BCUT2D eigenvalue weighted by Crippen LogP contribution is 2.27. The molecule has 2 aromatic carbocycles. The van der Waals surface area contributed by atoms with Crippen LogP contribution in [-0.4, -0.2) is 11.9 Å². The third kappa shape index (κ3) is 6.45. The summed E-state index contributed by atoms with van der Waals surface area (Å²) in [6.45, 7) is 4.40. The molecule has 1 aliphatic rings. The highest BCUT2D eigenvalue weighted by atomic mass is 127. The minimum atomic E-state index is -0.00155. The van der Waals surface area contributed by atoms with Crippen molar-refractivity contribution in [3.8, 4) is 0 Å².